The van der Waals surface area contributed by atoms with E-state index in [2.05, 4.69) is 10.3 Å². The molecule has 0 saturated heterocycles. The van der Waals surface area contributed by atoms with E-state index in [1.165, 1.54) is 11.3 Å². The molecule has 5 nitrogen and oxygen atoms in total. The predicted molar refractivity (Wildman–Crippen MR) is 78.5 cm³/mol. The van der Waals surface area contributed by atoms with Crippen LogP contribution in [0.1, 0.15) is 16.1 Å². The van der Waals surface area contributed by atoms with Gasteiger partial charge >= 0.3 is 0 Å². The molecular weight excluding hydrogens is 260 g/mol. The molecule has 0 aliphatic rings. The van der Waals surface area contributed by atoms with Gasteiger partial charge in [0.15, 0.2) is 0 Å². The molecule has 3 N–H and O–H groups in total. The second kappa shape index (κ2) is 5.71. The third-order valence-corrected chi connectivity index (χ3v) is 3.32. The minimum atomic E-state index is -0.148. The number of hydrogen-bond donors (Lipinski definition) is 2. The Morgan fingerprint density at radius 3 is 2.84 bits per heavy atom. The van der Waals surface area contributed by atoms with Crippen LogP contribution in [0.2, 0.25) is 0 Å². The summed E-state index contributed by atoms with van der Waals surface area (Å²) in [6.45, 7) is 0.428. The fraction of sp³-hybridized carbons (Fsp3) is 0.231. The molecule has 1 aromatic carbocycles. The Morgan fingerprint density at radius 1 is 1.47 bits per heavy atom. The van der Waals surface area contributed by atoms with E-state index in [1.54, 1.807) is 17.6 Å². The average molecular weight is 276 g/mol. The van der Waals surface area contributed by atoms with Crippen molar-refractivity contribution in [3.8, 4) is 0 Å². The van der Waals surface area contributed by atoms with Crippen LogP contribution in [0.4, 0.5) is 11.4 Å². The molecule has 0 unspecified atom stereocenters. The van der Waals surface area contributed by atoms with Crippen molar-refractivity contribution in [1.29, 1.82) is 0 Å². The lowest BCUT2D eigenvalue weighted by atomic mass is 10.1. The van der Waals surface area contributed by atoms with E-state index in [4.69, 9.17) is 5.73 Å². The summed E-state index contributed by atoms with van der Waals surface area (Å²) in [5, 5.41) is 4.72. The molecule has 2 aromatic rings. The molecule has 0 saturated carbocycles. The van der Waals surface area contributed by atoms with E-state index in [1.807, 2.05) is 30.4 Å². The van der Waals surface area contributed by atoms with Gasteiger partial charge in [0, 0.05) is 25.0 Å². The van der Waals surface area contributed by atoms with Gasteiger partial charge in [0.2, 0.25) is 0 Å². The molecule has 1 heterocycles. The maximum Gasteiger partial charge on any atom is 0.251 e. The summed E-state index contributed by atoms with van der Waals surface area (Å²) < 4.78 is 0. The van der Waals surface area contributed by atoms with Crippen molar-refractivity contribution in [2.24, 2.45) is 0 Å². The van der Waals surface area contributed by atoms with Crippen LogP contribution in [0.25, 0.3) is 0 Å². The van der Waals surface area contributed by atoms with E-state index < -0.39 is 0 Å². The number of nitrogen functional groups attached to an aromatic ring is 1. The summed E-state index contributed by atoms with van der Waals surface area (Å²) >= 11 is 1.51. The monoisotopic (exact) mass is 276 g/mol. The summed E-state index contributed by atoms with van der Waals surface area (Å²) in [4.78, 5) is 18.0. The molecule has 0 bridgehead atoms. The average Bonchev–Trinajstić information content (AvgIpc) is 2.88. The fourth-order valence-corrected chi connectivity index (χ4v) is 2.26. The van der Waals surface area contributed by atoms with E-state index in [9.17, 15) is 4.79 Å². The van der Waals surface area contributed by atoms with E-state index in [0.29, 0.717) is 17.8 Å². The van der Waals surface area contributed by atoms with E-state index in [-0.39, 0.29) is 5.91 Å². The highest BCUT2D eigenvalue weighted by molar-refractivity contribution is 7.07. The summed E-state index contributed by atoms with van der Waals surface area (Å²) in [7, 11) is 3.82. The van der Waals surface area contributed by atoms with Crippen LogP contribution in [0.15, 0.2) is 29.1 Å². The normalized spacial score (nSPS) is 10.2. The highest BCUT2D eigenvalue weighted by Crippen LogP contribution is 2.22. The zero-order chi connectivity index (χ0) is 13.8. The molecule has 1 amide bonds. The summed E-state index contributed by atoms with van der Waals surface area (Å²) in [5.74, 6) is -0.148. The second-order valence-corrected chi connectivity index (χ2v) is 5.05. The highest BCUT2D eigenvalue weighted by Gasteiger charge is 2.09. The number of hydrogen-bond acceptors (Lipinski definition) is 5. The van der Waals surface area contributed by atoms with Crippen LogP contribution in [0.3, 0.4) is 0 Å². The zero-order valence-corrected chi connectivity index (χ0v) is 11.7. The minimum Gasteiger partial charge on any atom is -0.397 e. The number of rotatable bonds is 4. The molecular formula is C13H16N4OS. The van der Waals surface area contributed by atoms with Gasteiger partial charge in [-0.2, -0.15) is 0 Å². The molecule has 6 heteroatoms. The van der Waals surface area contributed by atoms with Gasteiger partial charge in [-0.05, 0) is 18.2 Å². The Balaban J connectivity index is 2.05. The van der Waals surface area contributed by atoms with Crippen LogP contribution in [-0.2, 0) is 6.54 Å². The van der Waals surface area contributed by atoms with Crippen LogP contribution in [-0.4, -0.2) is 25.0 Å². The SMILES string of the molecule is CN(C)c1ccc(C(=O)NCc2cscn2)cc1N. The minimum absolute atomic E-state index is 0.148. The Bertz CT molecular complexity index is 566. The smallest absolute Gasteiger partial charge is 0.251 e. The molecule has 19 heavy (non-hydrogen) atoms. The van der Waals surface area contributed by atoms with Crippen molar-refractivity contribution >= 4 is 28.6 Å². The number of aromatic nitrogens is 1. The summed E-state index contributed by atoms with van der Waals surface area (Å²) in [6.07, 6.45) is 0. The number of nitrogens with two attached hydrogens (primary N) is 1. The summed E-state index contributed by atoms with van der Waals surface area (Å²) in [5.41, 5.74) is 10.6. The van der Waals surface area contributed by atoms with Crippen molar-refractivity contribution in [2.75, 3.05) is 24.7 Å². The molecule has 0 atom stereocenters. The first kappa shape index (κ1) is 13.4. The largest absolute Gasteiger partial charge is 0.397 e. The standard InChI is InChI=1S/C13H16N4OS/c1-17(2)12-4-3-9(5-11(12)14)13(18)15-6-10-7-19-8-16-10/h3-5,7-8H,6,14H2,1-2H3,(H,15,18). The quantitative estimate of drug-likeness (QED) is 0.834. The zero-order valence-electron chi connectivity index (χ0n) is 10.9. The van der Waals surface area contributed by atoms with E-state index in [0.717, 1.165) is 11.4 Å². The first-order valence-corrected chi connectivity index (χ1v) is 6.74. The lowest BCUT2D eigenvalue weighted by Crippen LogP contribution is -2.23. The molecule has 0 aliphatic heterocycles. The second-order valence-electron chi connectivity index (χ2n) is 4.33. The molecule has 0 fully saturated rings. The maximum absolute atomic E-state index is 12.0. The van der Waals surface area contributed by atoms with Crippen molar-refractivity contribution in [1.82, 2.24) is 10.3 Å². The topological polar surface area (TPSA) is 71.2 Å². The van der Waals surface area contributed by atoms with Gasteiger partial charge in [-0.25, -0.2) is 4.98 Å². The Labute approximate surface area is 116 Å². The number of nitrogens with zero attached hydrogens (tertiary/aromatic N) is 2. The lowest BCUT2D eigenvalue weighted by Gasteiger charge is -2.15. The summed E-state index contributed by atoms with van der Waals surface area (Å²) in [6, 6.07) is 5.29. The third-order valence-electron chi connectivity index (χ3n) is 2.69. The Hall–Kier alpha value is -2.08. The number of anilines is 2. The number of carbonyl (C=O) groups is 1. The molecule has 0 radical (unpaired) electrons. The van der Waals surface area contributed by atoms with Gasteiger partial charge in [0.05, 0.1) is 29.1 Å². The molecule has 0 aliphatic carbocycles. The maximum atomic E-state index is 12.0. The van der Waals surface area contributed by atoms with Gasteiger partial charge in [-0.3, -0.25) is 4.79 Å². The van der Waals surface area contributed by atoms with Crippen LogP contribution in [0, 0.1) is 0 Å². The fourth-order valence-electron chi connectivity index (χ4n) is 1.70. The van der Waals surface area contributed by atoms with Crippen molar-refractivity contribution in [2.45, 2.75) is 6.54 Å². The number of carbonyl (C=O) groups excluding carboxylic acids is 1. The van der Waals surface area contributed by atoms with Gasteiger partial charge in [0.25, 0.3) is 5.91 Å². The molecule has 100 valence electrons. The van der Waals surface area contributed by atoms with E-state index >= 15 is 0 Å². The number of thiazole rings is 1. The van der Waals surface area contributed by atoms with Gasteiger partial charge < -0.3 is 16.0 Å². The van der Waals surface area contributed by atoms with Crippen LogP contribution in [0.5, 0.6) is 0 Å². The van der Waals surface area contributed by atoms with Crippen LogP contribution < -0.4 is 16.0 Å². The number of nitrogens with one attached hydrogen (secondary N) is 1. The first-order valence-electron chi connectivity index (χ1n) is 5.80. The van der Waals surface area contributed by atoms with Gasteiger partial charge in [0.1, 0.15) is 0 Å². The first-order chi connectivity index (χ1) is 9.08. The number of benzene rings is 1. The predicted octanol–water partition coefficient (Wildman–Crippen LogP) is 1.72. The highest BCUT2D eigenvalue weighted by atomic mass is 32.1. The van der Waals surface area contributed by atoms with Gasteiger partial charge in [-0.15, -0.1) is 11.3 Å². The van der Waals surface area contributed by atoms with Crippen molar-refractivity contribution < 1.29 is 4.79 Å². The van der Waals surface area contributed by atoms with Crippen LogP contribution >= 0.6 is 11.3 Å². The number of amides is 1. The van der Waals surface area contributed by atoms with Crippen molar-refractivity contribution in [3.63, 3.8) is 0 Å². The Kier molecular flexibility index (Phi) is 4.01. The molecule has 2 rings (SSSR count). The Morgan fingerprint density at radius 2 is 2.26 bits per heavy atom. The molecule has 1 aromatic heterocycles. The lowest BCUT2D eigenvalue weighted by molar-refractivity contribution is 0.0950. The molecule has 0 spiro atoms. The third kappa shape index (κ3) is 3.23. The van der Waals surface area contributed by atoms with Crippen molar-refractivity contribution in [3.05, 3.63) is 40.3 Å². The van der Waals surface area contributed by atoms with Gasteiger partial charge in [-0.1, -0.05) is 0 Å².